The number of nitrogens with one attached hydrogen (secondary N) is 1. The Hall–Kier alpha value is -4.18. The Balaban J connectivity index is 1.42. The summed E-state index contributed by atoms with van der Waals surface area (Å²) in [5.74, 6) is -3.59. The molecule has 1 amide bonds. The van der Waals surface area contributed by atoms with E-state index in [4.69, 9.17) is 11.6 Å². The number of nitrogens with zero attached hydrogens (tertiary/aromatic N) is 7. The Bertz CT molecular complexity index is 1630. The van der Waals surface area contributed by atoms with Crippen molar-refractivity contribution in [1.29, 1.82) is 0 Å². The third-order valence-electron chi connectivity index (χ3n) is 6.26. The van der Waals surface area contributed by atoms with E-state index in [1.807, 2.05) is 0 Å². The first-order chi connectivity index (χ1) is 19.3. The van der Waals surface area contributed by atoms with Gasteiger partial charge in [0, 0.05) is 35.7 Å². The average Bonchev–Trinajstić information content (AvgIpc) is 3.48. The second kappa shape index (κ2) is 10.7. The molecule has 1 aromatic carbocycles. The molecule has 1 atom stereocenters. The zero-order chi connectivity index (χ0) is 29.5. The van der Waals surface area contributed by atoms with E-state index in [2.05, 4.69) is 25.5 Å². The maximum atomic E-state index is 13.2. The highest BCUT2D eigenvalue weighted by molar-refractivity contribution is 6.30. The van der Waals surface area contributed by atoms with Crippen molar-refractivity contribution in [3.05, 3.63) is 75.8 Å². The third-order valence-corrected chi connectivity index (χ3v) is 6.51. The van der Waals surface area contributed by atoms with E-state index in [9.17, 15) is 36.6 Å². The smallest absolute Gasteiger partial charge is 0.382 e. The van der Waals surface area contributed by atoms with Crippen molar-refractivity contribution >= 4 is 17.5 Å². The molecule has 5 rings (SSSR count). The summed E-state index contributed by atoms with van der Waals surface area (Å²) in [6.45, 7) is -1.49. The number of aliphatic hydroxyl groups is 1. The molecule has 1 unspecified atom stereocenters. The van der Waals surface area contributed by atoms with Crippen LogP contribution in [0.4, 0.5) is 22.0 Å². The number of carbonyl (C=O) groups is 1. The lowest BCUT2D eigenvalue weighted by atomic mass is 9.88. The number of rotatable bonds is 8. The number of pyridine rings is 1. The van der Waals surface area contributed by atoms with Gasteiger partial charge >= 0.3 is 11.9 Å². The van der Waals surface area contributed by atoms with Gasteiger partial charge in [-0.05, 0) is 36.4 Å². The van der Waals surface area contributed by atoms with E-state index in [-0.39, 0.29) is 35.1 Å². The summed E-state index contributed by atoms with van der Waals surface area (Å²) in [5, 5.41) is 20.8. The van der Waals surface area contributed by atoms with Crippen LogP contribution in [-0.4, -0.2) is 69.4 Å². The molecular weight excluding hydrogens is 579 g/mol. The van der Waals surface area contributed by atoms with Crippen LogP contribution in [0.15, 0.2) is 53.7 Å². The normalized spacial score (nSPS) is 15.9. The highest BCUT2D eigenvalue weighted by atomic mass is 35.5. The maximum absolute atomic E-state index is 13.2. The lowest BCUT2D eigenvalue weighted by Crippen LogP contribution is -2.50. The van der Waals surface area contributed by atoms with Crippen LogP contribution < -0.4 is 11.0 Å². The summed E-state index contributed by atoms with van der Waals surface area (Å²) in [7, 11) is 0. The summed E-state index contributed by atoms with van der Waals surface area (Å²) >= 11 is 5.89. The largest absolute Gasteiger partial charge is 0.416 e. The Kier molecular flexibility index (Phi) is 7.37. The minimum Gasteiger partial charge on any atom is -0.382 e. The fourth-order valence-corrected chi connectivity index (χ4v) is 4.31. The van der Waals surface area contributed by atoms with Crippen LogP contribution in [0.5, 0.6) is 0 Å². The Morgan fingerprint density at radius 3 is 2.51 bits per heavy atom. The molecule has 3 heterocycles. The van der Waals surface area contributed by atoms with E-state index in [1.165, 1.54) is 48.9 Å². The Morgan fingerprint density at radius 2 is 1.85 bits per heavy atom. The van der Waals surface area contributed by atoms with Crippen molar-refractivity contribution in [2.45, 2.75) is 50.2 Å². The minimum absolute atomic E-state index is 0.00794. The van der Waals surface area contributed by atoms with Crippen molar-refractivity contribution in [2.75, 3.05) is 0 Å². The highest BCUT2D eigenvalue weighted by Gasteiger charge is 2.46. The van der Waals surface area contributed by atoms with Gasteiger partial charge < -0.3 is 10.4 Å². The standard InChI is InChI=1S/C24H20ClF5N8O3/c25-14-5-3-13(4-6-14)19-35-37(22(41)36(19)10-17(39)24(28,29)30)11-18-32-12-38(34-18)20-16(2-1-7-31-20)21(40)33-15-8-23(26,27)9-15/h1-7,12,15,17,39H,8-11H2,(H,33,40). The molecule has 0 spiro atoms. The monoisotopic (exact) mass is 598 g/mol. The summed E-state index contributed by atoms with van der Waals surface area (Å²) in [6, 6.07) is 8.05. The quantitative estimate of drug-likeness (QED) is 0.298. The molecule has 1 aliphatic rings. The maximum Gasteiger partial charge on any atom is 0.416 e. The van der Waals surface area contributed by atoms with E-state index in [0.717, 1.165) is 9.36 Å². The van der Waals surface area contributed by atoms with Gasteiger partial charge in [-0.3, -0.25) is 9.36 Å². The predicted octanol–water partition coefficient (Wildman–Crippen LogP) is 2.84. The molecular formula is C24H20ClF5N8O3. The van der Waals surface area contributed by atoms with Gasteiger partial charge in [0.25, 0.3) is 11.8 Å². The van der Waals surface area contributed by atoms with Gasteiger partial charge in [-0.2, -0.15) is 13.2 Å². The molecule has 2 N–H and O–H groups in total. The molecule has 0 radical (unpaired) electrons. The van der Waals surface area contributed by atoms with Crippen molar-refractivity contribution in [2.24, 2.45) is 0 Å². The molecule has 41 heavy (non-hydrogen) atoms. The second-order valence-electron chi connectivity index (χ2n) is 9.35. The molecule has 216 valence electrons. The lowest BCUT2D eigenvalue weighted by Gasteiger charge is -2.35. The van der Waals surface area contributed by atoms with Crippen LogP contribution in [-0.2, 0) is 13.1 Å². The number of amides is 1. The molecule has 1 fully saturated rings. The van der Waals surface area contributed by atoms with Crippen LogP contribution >= 0.6 is 11.6 Å². The predicted molar refractivity (Wildman–Crippen MR) is 133 cm³/mol. The number of aromatic nitrogens is 7. The van der Waals surface area contributed by atoms with E-state index < -0.39 is 55.2 Å². The first kappa shape index (κ1) is 28.4. The summed E-state index contributed by atoms with van der Waals surface area (Å²) in [6.07, 6.45) is -6.18. The van der Waals surface area contributed by atoms with Crippen molar-refractivity contribution in [3.63, 3.8) is 0 Å². The fourth-order valence-electron chi connectivity index (χ4n) is 4.19. The minimum atomic E-state index is -4.98. The van der Waals surface area contributed by atoms with Gasteiger partial charge in [-0.1, -0.05) is 11.6 Å². The van der Waals surface area contributed by atoms with E-state index in [0.29, 0.717) is 9.59 Å². The van der Waals surface area contributed by atoms with Crippen molar-refractivity contribution in [3.8, 4) is 17.2 Å². The molecule has 3 aromatic heterocycles. The van der Waals surface area contributed by atoms with Gasteiger partial charge in [0.15, 0.2) is 23.6 Å². The number of benzene rings is 1. The Morgan fingerprint density at radius 1 is 1.15 bits per heavy atom. The first-order valence-corrected chi connectivity index (χ1v) is 12.4. The van der Waals surface area contributed by atoms with Crippen LogP contribution in [0.3, 0.4) is 0 Å². The van der Waals surface area contributed by atoms with Crippen LogP contribution in [0, 0.1) is 0 Å². The summed E-state index contributed by atoms with van der Waals surface area (Å²) in [4.78, 5) is 34.0. The average molecular weight is 599 g/mol. The molecule has 4 aromatic rings. The number of hydrogen-bond donors (Lipinski definition) is 2. The number of aliphatic hydroxyl groups excluding tert-OH is 1. The van der Waals surface area contributed by atoms with E-state index >= 15 is 0 Å². The lowest BCUT2D eigenvalue weighted by molar-refractivity contribution is -0.207. The third kappa shape index (κ3) is 6.12. The summed E-state index contributed by atoms with van der Waals surface area (Å²) in [5.41, 5.74) is -0.664. The Labute approximate surface area is 232 Å². The van der Waals surface area contributed by atoms with Gasteiger partial charge in [-0.15, -0.1) is 10.2 Å². The van der Waals surface area contributed by atoms with Gasteiger partial charge in [0.2, 0.25) is 0 Å². The number of hydrogen-bond acceptors (Lipinski definition) is 7. The number of carbonyl (C=O) groups excluding carboxylic acids is 1. The van der Waals surface area contributed by atoms with E-state index in [1.54, 1.807) is 0 Å². The van der Waals surface area contributed by atoms with Gasteiger partial charge in [-0.25, -0.2) is 32.9 Å². The molecule has 11 nitrogen and oxygen atoms in total. The molecule has 0 bridgehead atoms. The van der Waals surface area contributed by atoms with Crippen LogP contribution in [0.1, 0.15) is 29.0 Å². The molecule has 1 aliphatic carbocycles. The van der Waals surface area contributed by atoms with Crippen LogP contribution in [0.25, 0.3) is 17.2 Å². The topological polar surface area (TPSA) is 133 Å². The van der Waals surface area contributed by atoms with Gasteiger partial charge in [0.05, 0.1) is 12.1 Å². The first-order valence-electron chi connectivity index (χ1n) is 12.0. The number of halogens is 6. The second-order valence-corrected chi connectivity index (χ2v) is 9.79. The molecule has 0 aliphatic heterocycles. The SMILES string of the molecule is O=C(NC1CC(F)(F)C1)c1cccnc1-n1cnc(Cn2nc(-c3ccc(Cl)cc3)n(CC(O)C(F)(F)F)c2=O)n1. The summed E-state index contributed by atoms with van der Waals surface area (Å²) < 4.78 is 68.2. The fraction of sp³-hybridized carbons (Fsp3) is 0.333. The zero-order valence-electron chi connectivity index (χ0n) is 20.8. The van der Waals surface area contributed by atoms with Crippen molar-refractivity contribution in [1.82, 2.24) is 39.4 Å². The molecule has 17 heteroatoms. The number of alkyl halides is 5. The van der Waals surface area contributed by atoms with Gasteiger partial charge in [0.1, 0.15) is 12.9 Å². The van der Waals surface area contributed by atoms with Crippen molar-refractivity contribution < 1.29 is 31.9 Å². The zero-order valence-corrected chi connectivity index (χ0v) is 21.5. The van der Waals surface area contributed by atoms with Crippen LogP contribution in [0.2, 0.25) is 5.02 Å². The molecule has 1 saturated carbocycles. The molecule has 0 saturated heterocycles. The highest BCUT2D eigenvalue weighted by Crippen LogP contribution is 2.37.